The Morgan fingerprint density at radius 2 is 2.19 bits per heavy atom. The minimum absolute atomic E-state index is 0.745. The summed E-state index contributed by atoms with van der Waals surface area (Å²) in [6.07, 6.45) is 8.12. The van der Waals surface area contributed by atoms with Crippen molar-refractivity contribution in [1.29, 1.82) is 0 Å². The number of terminal acetylenes is 1. The number of nitrogens with zero attached hydrogens (tertiary/aromatic N) is 4. The lowest BCUT2D eigenvalue weighted by Crippen LogP contribution is -2.06. The van der Waals surface area contributed by atoms with Gasteiger partial charge in [-0.15, -0.1) is 27.6 Å². The molecule has 0 aromatic carbocycles. The molecule has 0 fully saturated rings. The molecule has 0 aliphatic carbocycles. The molecule has 0 saturated carbocycles. The summed E-state index contributed by atoms with van der Waals surface area (Å²) in [5.74, 6) is 4.23. The number of thiophene rings is 1. The maximum absolute atomic E-state index is 5.24. The third kappa shape index (κ3) is 3.03. The van der Waals surface area contributed by atoms with E-state index < -0.39 is 0 Å². The second-order valence-corrected chi connectivity index (χ2v) is 5.39. The predicted molar refractivity (Wildman–Crippen MR) is 85.3 cm³/mol. The first kappa shape index (κ1) is 13.6. The Balaban J connectivity index is 1.76. The monoisotopic (exact) mass is 297 g/mol. The summed E-state index contributed by atoms with van der Waals surface area (Å²) in [7, 11) is 0. The van der Waals surface area contributed by atoms with E-state index in [0.717, 1.165) is 48.7 Å². The van der Waals surface area contributed by atoms with Crippen LogP contribution in [0.1, 0.15) is 19.3 Å². The van der Waals surface area contributed by atoms with E-state index in [1.165, 1.54) is 0 Å². The van der Waals surface area contributed by atoms with Gasteiger partial charge in [-0.1, -0.05) is 0 Å². The average molecular weight is 297 g/mol. The van der Waals surface area contributed by atoms with Crippen LogP contribution in [-0.4, -0.2) is 26.4 Å². The zero-order valence-corrected chi connectivity index (χ0v) is 12.3. The molecule has 0 amide bonds. The maximum atomic E-state index is 5.24. The Morgan fingerprint density at radius 3 is 3.00 bits per heavy atom. The normalized spacial score (nSPS) is 10.6. The Kier molecular flexibility index (Phi) is 4.12. The van der Waals surface area contributed by atoms with E-state index in [1.54, 1.807) is 15.9 Å². The first-order valence-electron chi connectivity index (χ1n) is 6.81. The van der Waals surface area contributed by atoms with Gasteiger partial charge in [-0.2, -0.15) is 15.9 Å². The Hall–Kier alpha value is -2.39. The number of unbranched alkanes of at least 4 members (excludes halogenated alkanes) is 2. The third-order valence-corrected chi connectivity index (χ3v) is 3.78. The predicted octanol–water partition coefficient (Wildman–Crippen LogP) is 3.07. The summed E-state index contributed by atoms with van der Waals surface area (Å²) in [5, 5.41) is 20.3. The smallest absolute Gasteiger partial charge is 0.186 e. The number of nitrogens with one attached hydrogen (secondary N) is 1. The molecule has 0 unspecified atom stereocenters. The van der Waals surface area contributed by atoms with E-state index >= 15 is 0 Å². The number of anilines is 1. The fourth-order valence-corrected chi connectivity index (χ4v) is 2.66. The molecule has 3 rings (SSSR count). The van der Waals surface area contributed by atoms with Gasteiger partial charge < -0.3 is 5.32 Å². The molecule has 5 nitrogen and oxygen atoms in total. The highest BCUT2D eigenvalue weighted by Crippen LogP contribution is 2.20. The highest BCUT2D eigenvalue weighted by atomic mass is 32.1. The van der Waals surface area contributed by atoms with Gasteiger partial charge in [0.05, 0.1) is 0 Å². The van der Waals surface area contributed by atoms with E-state index in [9.17, 15) is 0 Å². The number of rotatable bonds is 6. The second-order valence-electron chi connectivity index (χ2n) is 4.61. The van der Waals surface area contributed by atoms with Gasteiger partial charge in [0, 0.05) is 23.9 Å². The minimum atomic E-state index is 0.745. The van der Waals surface area contributed by atoms with Gasteiger partial charge >= 0.3 is 0 Å². The molecule has 0 radical (unpaired) electrons. The molecular weight excluding hydrogens is 282 g/mol. The number of hydrogen-bond donors (Lipinski definition) is 1. The number of aromatic nitrogens is 4. The Labute approximate surface area is 127 Å². The number of hydrogen-bond acceptors (Lipinski definition) is 5. The van der Waals surface area contributed by atoms with Crippen LogP contribution in [0.15, 0.2) is 29.0 Å². The van der Waals surface area contributed by atoms with E-state index in [1.807, 2.05) is 29.0 Å². The van der Waals surface area contributed by atoms with Gasteiger partial charge in [-0.05, 0) is 36.4 Å². The molecular formula is C15H15N5S. The molecule has 3 aromatic heterocycles. The molecule has 0 aliphatic rings. The molecule has 0 aliphatic heterocycles. The molecule has 3 heterocycles. The van der Waals surface area contributed by atoms with E-state index in [2.05, 4.69) is 26.5 Å². The summed E-state index contributed by atoms with van der Waals surface area (Å²) in [6.45, 7) is 0.857. The molecule has 0 atom stereocenters. The lowest BCUT2D eigenvalue weighted by atomic mass is 10.2. The van der Waals surface area contributed by atoms with Crippen LogP contribution in [0.3, 0.4) is 0 Å². The van der Waals surface area contributed by atoms with Crippen LogP contribution in [0, 0.1) is 12.3 Å². The Morgan fingerprint density at radius 1 is 1.24 bits per heavy atom. The van der Waals surface area contributed by atoms with Crippen LogP contribution in [0.2, 0.25) is 0 Å². The fraction of sp³-hybridized carbons (Fsp3) is 0.267. The highest BCUT2D eigenvalue weighted by molar-refractivity contribution is 7.08. The van der Waals surface area contributed by atoms with E-state index in [4.69, 9.17) is 6.42 Å². The molecule has 0 saturated heterocycles. The minimum Gasteiger partial charge on any atom is -0.369 e. The average Bonchev–Trinajstić information content (AvgIpc) is 3.15. The molecule has 1 N–H and O–H groups in total. The summed E-state index contributed by atoms with van der Waals surface area (Å²) >= 11 is 1.63. The van der Waals surface area contributed by atoms with Crippen LogP contribution >= 0.6 is 11.3 Å². The van der Waals surface area contributed by atoms with Crippen molar-refractivity contribution in [3.8, 4) is 23.7 Å². The first-order valence-corrected chi connectivity index (χ1v) is 7.75. The van der Waals surface area contributed by atoms with Crippen molar-refractivity contribution in [3.63, 3.8) is 0 Å². The third-order valence-electron chi connectivity index (χ3n) is 3.10. The zero-order valence-electron chi connectivity index (χ0n) is 11.5. The van der Waals surface area contributed by atoms with Crippen LogP contribution < -0.4 is 5.32 Å². The second kappa shape index (κ2) is 6.37. The molecule has 106 valence electrons. The topological polar surface area (TPSA) is 55.1 Å². The molecule has 0 spiro atoms. The van der Waals surface area contributed by atoms with Gasteiger partial charge in [0.25, 0.3) is 0 Å². The highest BCUT2D eigenvalue weighted by Gasteiger charge is 2.09. The van der Waals surface area contributed by atoms with Crippen LogP contribution in [-0.2, 0) is 0 Å². The summed E-state index contributed by atoms with van der Waals surface area (Å²) in [6, 6.07) is 5.85. The molecule has 0 bridgehead atoms. The Bertz CT molecular complexity index is 754. The van der Waals surface area contributed by atoms with Gasteiger partial charge in [0.1, 0.15) is 5.82 Å². The summed E-state index contributed by atoms with van der Waals surface area (Å²) in [4.78, 5) is 0. The van der Waals surface area contributed by atoms with Crippen molar-refractivity contribution >= 4 is 22.8 Å². The van der Waals surface area contributed by atoms with Gasteiger partial charge in [0.15, 0.2) is 11.5 Å². The molecule has 3 aromatic rings. The lowest BCUT2D eigenvalue weighted by Gasteiger charge is -2.05. The van der Waals surface area contributed by atoms with Crippen molar-refractivity contribution < 1.29 is 0 Å². The van der Waals surface area contributed by atoms with Gasteiger partial charge in [0.2, 0.25) is 0 Å². The number of fused-ring (bicyclic) bond motifs is 1. The van der Waals surface area contributed by atoms with Crippen molar-refractivity contribution in [3.05, 3.63) is 29.0 Å². The first-order chi connectivity index (χ1) is 10.4. The van der Waals surface area contributed by atoms with Crippen molar-refractivity contribution in [1.82, 2.24) is 19.8 Å². The largest absolute Gasteiger partial charge is 0.369 e. The van der Waals surface area contributed by atoms with Crippen molar-refractivity contribution in [2.45, 2.75) is 19.3 Å². The maximum Gasteiger partial charge on any atom is 0.186 e. The van der Waals surface area contributed by atoms with Crippen molar-refractivity contribution in [2.24, 2.45) is 0 Å². The van der Waals surface area contributed by atoms with E-state index in [-0.39, 0.29) is 0 Å². The van der Waals surface area contributed by atoms with Crippen molar-refractivity contribution in [2.75, 3.05) is 11.9 Å². The SMILES string of the molecule is C#CCCCCNc1ccc2nnc(-c3ccsc3)n2n1. The van der Waals surface area contributed by atoms with Crippen LogP contribution in [0.25, 0.3) is 17.0 Å². The lowest BCUT2D eigenvalue weighted by molar-refractivity contribution is 0.783. The quantitative estimate of drug-likeness (QED) is 0.561. The zero-order chi connectivity index (χ0) is 14.5. The van der Waals surface area contributed by atoms with Gasteiger partial charge in [-0.25, -0.2) is 0 Å². The summed E-state index contributed by atoms with van der Waals surface area (Å²) < 4.78 is 1.77. The van der Waals surface area contributed by atoms with Gasteiger partial charge in [-0.3, -0.25) is 0 Å². The van der Waals surface area contributed by atoms with E-state index in [0.29, 0.717) is 0 Å². The van der Waals surface area contributed by atoms with Crippen LogP contribution in [0.5, 0.6) is 0 Å². The molecule has 21 heavy (non-hydrogen) atoms. The van der Waals surface area contributed by atoms with Crippen LogP contribution in [0.4, 0.5) is 5.82 Å². The molecule has 6 heteroatoms. The summed E-state index contributed by atoms with van der Waals surface area (Å²) in [5.41, 5.74) is 1.78. The fourth-order valence-electron chi connectivity index (χ4n) is 2.02. The standard InChI is InChI=1S/C15H15N5S/c1-2-3-4-5-9-16-13-6-7-14-17-18-15(20(14)19-13)12-8-10-21-11-12/h1,6-8,10-11H,3-5,9H2,(H,16,19).